The predicted octanol–water partition coefficient (Wildman–Crippen LogP) is 2.83. The lowest BCUT2D eigenvalue weighted by Gasteiger charge is -2.08. The van der Waals surface area contributed by atoms with Crippen LogP contribution in [0.15, 0.2) is 76.4 Å². The van der Waals surface area contributed by atoms with Gasteiger partial charge in [0.25, 0.3) is 5.56 Å². The number of fused-ring (bicyclic) bond motifs is 2. The highest BCUT2D eigenvalue weighted by Gasteiger charge is 2.11. The summed E-state index contributed by atoms with van der Waals surface area (Å²) in [6.45, 7) is 0. The van der Waals surface area contributed by atoms with E-state index in [2.05, 4.69) is 4.98 Å². The molecule has 2 heterocycles. The van der Waals surface area contributed by atoms with Crippen LogP contribution in [-0.2, 0) is 0 Å². The van der Waals surface area contributed by atoms with E-state index in [0.717, 1.165) is 11.2 Å². The fraction of sp³-hybridized carbons (Fsp3) is 0. The summed E-state index contributed by atoms with van der Waals surface area (Å²) in [6.07, 6.45) is 1.69. The van der Waals surface area contributed by atoms with Gasteiger partial charge in [-0.15, -0.1) is 0 Å². The predicted molar refractivity (Wildman–Crippen MR) is 87.7 cm³/mol. The Morgan fingerprint density at radius 2 is 1.50 bits per heavy atom. The van der Waals surface area contributed by atoms with Gasteiger partial charge in [-0.1, -0.05) is 30.3 Å². The van der Waals surface area contributed by atoms with E-state index in [9.17, 15) is 9.59 Å². The van der Waals surface area contributed by atoms with E-state index in [-0.39, 0.29) is 16.4 Å². The summed E-state index contributed by atoms with van der Waals surface area (Å²) in [6, 6.07) is 18.2. The molecule has 0 amide bonds. The minimum absolute atomic E-state index is 0.185. The number of H-pyrrole nitrogens is 1. The van der Waals surface area contributed by atoms with Gasteiger partial charge in [0.05, 0.1) is 5.52 Å². The molecule has 0 aliphatic rings. The number of aromatic amines is 1. The minimum Gasteiger partial charge on any atom is -0.354 e. The van der Waals surface area contributed by atoms with Crippen LogP contribution in [0.2, 0.25) is 0 Å². The molecule has 0 saturated heterocycles. The molecule has 4 aromatic rings. The smallest absolute Gasteiger partial charge is 0.268 e. The summed E-state index contributed by atoms with van der Waals surface area (Å²) in [5.41, 5.74) is 1.48. The molecule has 0 aliphatic carbocycles. The number of hydrogen-bond acceptors (Lipinski definition) is 2. The first kappa shape index (κ1) is 12.6. The van der Waals surface area contributed by atoms with Crippen molar-refractivity contribution in [3.8, 4) is 5.69 Å². The van der Waals surface area contributed by atoms with Gasteiger partial charge in [0.15, 0.2) is 0 Å². The van der Waals surface area contributed by atoms with E-state index in [1.807, 2.05) is 42.5 Å². The third kappa shape index (κ3) is 1.78. The van der Waals surface area contributed by atoms with Crippen molar-refractivity contribution in [2.75, 3.05) is 0 Å². The van der Waals surface area contributed by atoms with Crippen LogP contribution in [0.1, 0.15) is 0 Å². The van der Waals surface area contributed by atoms with Crippen LogP contribution in [0.4, 0.5) is 0 Å². The second-order valence-corrected chi connectivity index (χ2v) is 5.11. The van der Waals surface area contributed by atoms with Gasteiger partial charge < -0.3 is 4.98 Å². The molecule has 2 aromatic carbocycles. The largest absolute Gasteiger partial charge is 0.354 e. The van der Waals surface area contributed by atoms with Crippen molar-refractivity contribution >= 4 is 21.8 Å². The quantitative estimate of drug-likeness (QED) is 0.548. The summed E-state index contributed by atoms with van der Waals surface area (Å²) in [4.78, 5) is 28.6. The fourth-order valence-corrected chi connectivity index (χ4v) is 2.72. The molecule has 2 aromatic heterocycles. The molecular weight excluding hydrogens is 276 g/mol. The van der Waals surface area contributed by atoms with E-state index in [4.69, 9.17) is 0 Å². The molecule has 4 heteroatoms. The van der Waals surface area contributed by atoms with E-state index in [1.165, 1.54) is 4.57 Å². The summed E-state index contributed by atoms with van der Waals surface area (Å²) in [7, 11) is 0. The van der Waals surface area contributed by atoms with Crippen molar-refractivity contribution in [1.82, 2.24) is 9.55 Å². The van der Waals surface area contributed by atoms with Gasteiger partial charge in [0.1, 0.15) is 5.39 Å². The van der Waals surface area contributed by atoms with Crippen LogP contribution >= 0.6 is 0 Å². The molecule has 1 N–H and O–H groups in total. The highest BCUT2D eigenvalue weighted by molar-refractivity contribution is 5.91. The second-order valence-electron chi connectivity index (χ2n) is 5.11. The average Bonchev–Trinajstić information content (AvgIpc) is 2.56. The number of aromatic nitrogens is 2. The molecule has 0 radical (unpaired) electrons. The molecule has 4 rings (SSSR count). The Labute approximate surface area is 125 Å². The second kappa shape index (κ2) is 4.70. The first-order valence-electron chi connectivity index (χ1n) is 6.97. The van der Waals surface area contributed by atoms with Crippen molar-refractivity contribution in [2.24, 2.45) is 0 Å². The van der Waals surface area contributed by atoms with Gasteiger partial charge in [0.2, 0.25) is 5.43 Å². The number of hydrogen-bond donors (Lipinski definition) is 1. The summed E-state index contributed by atoms with van der Waals surface area (Å²) < 4.78 is 1.49. The Balaban J connectivity index is 2.16. The van der Waals surface area contributed by atoms with E-state index in [1.54, 1.807) is 24.4 Å². The van der Waals surface area contributed by atoms with Crippen molar-refractivity contribution in [2.45, 2.75) is 0 Å². The van der Waals surface area contributed by atoms with Crippen molar-refractivity contribution in [1.29, 1.82) is 0 Å². The third-order valence-corrected chi connectivity index (χ3v) is 3.79. The van der Waals surface area contributed by atoms with Crippen LogP contribution in [0.5, 0.6) is 0 Å². The van der Waals surface area contributed by atoms with Crippen LogP contribution < -0.4 is 11.0 Å². The van der Waals surface area contributed by atoms with Crippen LogP contribution in [0.25, 0.3) is 27.5 Å². The maximum atomic E-state index is 12.7. The first-order chi connectivity index (χ1) is 10.8. The number of nitrogens with zero attached hydrogens (tertiary/aromatic N) is 1. The number of nitrogens with one attached hydrogen (secondary N) is 1. The zero-order valence-electron chi connectivity index (χ0n) is 11.6. The standard InChI is InChI=1S/C18H12N2O2/c21-17-13-8-4-5-9-14(13)19-15-10-11-20(18(22)16(15)17)12-6-2-1-3-7-12/h1-11H,(H,19,21). The minimum atomic E-state index is -0.310. The molecule has 0 bridgehead atoms. The average molecular weight is 288 g/mol. The van der Waals surface area contributed by atoms with Crippen LogP contribution in [-0.4, -0.2) is 9.55 Å². The third-order valence-electron chi connectivity index (χ3n) is 3.79. The Bertz CT molecular complexity index is 1110. The van der Waals surface area contributed by atoms with Crippen molar-refractivity contribution in [3.63, 3.8) is 0 Å². The maximum absolute atomic E-state index is 12.7. The fourth-order valence-electron chi connectivity index (χ4n) is 2.72. The van der Waals surface area contributed by atoms with E-state index < -0.39 is 0 Å². The number of benzene rings is 2. The van der Waals surface area contributed by atoms with Gasteiger partial charge in [-0.2, -0.15) is 0 Å². The lowest BCUT2D eigenvalue weighted by Crippen LogP contribution is -2.23. The Morgan fingerprint density at radius 3 is 2.32 bits per heavy atom. The van der Waals surface area contributed by atoms with Crippen LogP contribution in [0, 0.1) is 0 Å². The molecule has 4 nitrogen and oxygen atoms in total. The van der Waals surface area contributed by atoms with Gasteiger partial charge in [0, 0.05) is 22.8 Å². The maximum Gasteiger partial charge on any atom is 0.268 e. The van der Waals surface area contributed by atoms with Gasteiger partial charge in [-0.3, -0.25) is 14.2 Å². The SMILES string of the molecule is O=c1c2ccccc2[nH]c2ccn(-c3ccccc3)c(=O)c12. The number of para-hydroxylation sites is 2. The summed E-state index contributed by atoms with van der Waals surface area (Å²) >= 11 is 0. The Kier molecular flexibility index (Phi) is 2.69. The molecule has 0 atom stereocenters. The zero-order chi connectivity index (χ0) is 15.1. The molecule has 22 heavy (non-hydrogen) atoms. The van der Waals surface area contributed by atoms with Crippen molar-refractivity contribution < 1.29 is 0 Å². The lowest BCUT2D eigenvalue weighted by atomic mass is 10.1. The van der Waals surface area contributed by atoms with Crippen LogP contribution in [0.3, 0.4) is 0 Å². The zero-order valence-corrected chi connectivity index (χ0v) is 11.6. The Hall–Kier alpha value is -3.14. The molecule has 0 unspecified atom stereocenters. The van der Waals surface area contributed by atoms with Gasteiger partial charge >= 0.3 is 0 Å². The number of rotatable bonds is 1. The molecule has 0 fully saturated rings. The van der Waals surface area contributed by atoms with Gasteiger partial charge in [-0.05, 0) is 30.3 Å². The highest BCUT2D eigenvalue weighted by Crippen LogP contribution is 2.13. The molecule has 0 spiro atoms. The van der Waals surface area contributed by atoms with E-state index in [0.29, 0.717) is 10.9 Å². The number of pyridine rings is 2. The summed E-state index contributed by atoms with van der Waals surface area (Å²) in [5, 5.41) is 0.711. The molecule has 106 valence electrons. The summed E-state index contributed by atoms with van der Waals surface area (Å²) in [5.74, 6) is 0. The van der Waals surface area contributed by atoms with Crippen molar-refractivity contribution in [3.05, 3.63) is 87.4 Å². The first-order valence-corrected chi connectivity index (χ1v) is 6.97. The molecule has 0 aliphatic heterocycles. The lowest BCUT2D eigenvalue weighted by molar-refractivity contribution is 1.01. The monoisotopic (exact) mass is 288 g/mol. The van der Waals surface area contributed by atoms with Gasteiger partial charge in [-0.25, -0.2) is 0 Å². The topological polar surface area (TPSA) is 54.9 Å². The molecular formula is C18H12N2O2. The molecule has 0 saturated carbocycles. The highest BCUT2D eigenvalue weighted by atomic mass is 16.1. The normalized spacial score (nSPS) is 11.1. The van der Waals surface area contributed by atoms with E-state index >= 15 is 0 Å². The Morgan fingerprint density at radius 1 is 0.773 bits per heavy atom.